The Kier molecular flexibility index (Phi) is 7.06. The number of rotatable bonds is 8. The van der Waals surface area contributed by atoms with Crippen molar-refractivity contribution < 1.29 is 49.7 Å². The summed E-state index contributed by atoms with van der Waals surface area (Å²) in [4.78, 5) is 23.9. The molecule has 0 fully saturated rings. The molecule has 27 heavy (non-hydrogen) atoms. The molecule has 0 saturated carbocycles. The Balaban J connectivity index is 2.54. The molecular formula is C20H22IO6-. The summed E-state index contributed by atoms with van der Waals surface area (Å²) in [5.74, 6) is 1.68. The number of carbonyl (C=O) groups is 2. The summed E-state index contributed by atoms with van der Waals surface area (Å²) < 4.78 is 23.5. The van der Waals surface area contributed by atoms with Crippen LogP contribution in [0.3, 0.4) is 0 Å². The number of hydrogen-bond acceptors (Lipinski definition) is 6. The van der Waals surface area contributed by atoms with Crippen LogP contribution in [-0.2, 0) is 0 Å². The molecule has 0 heterocycles. The third-order valence-corrected chi connectivity index (χ3v) is 6.35. The Morgan fingerprint density at radius 2 is 0.889 bits per heavy atom. The molecule has 7 heteroatoms. The van der Waals surface area contributed by atoms with Gasteiger partial charge in [-0.3, -0.25) is 0 Å². The fourth-order valence-electron chi connectivity index (χ4n) is 2.69. The summed E-state index contributed by atoms with van der Waals surface area (Å²) in [6.07, 6.45) is 0. The van der Waals surface area contributed by atoms with Crippen molar-refractivity contribution in [1.82, 2.24) is 0 Å². The van der Waals surface area contributed by atoms with E-state index in [9.17, 15) is 9.59 Å². The van der Waals surface area contributed by atoms with Gasteiger partial charge in [-0.25, -0.2) is 0 Å². The molecule has 0 radical (unpaired) electrons. The van der Waals surface area contributed by atoms with E-state index in [1.807, 2.05) is 24.3 Å². The topological polar surface area (TPSA) is 71.1 Å². The van der Waals surface area contributed by atoms with E-state index < -0.39 is 21.2 Å². The average Bonchev–Trinajstić information content (AvgIpc) is 2.65. The van der Waals surface area contributed by atoms with Crippen LogP contribution in [0.4, 0.5) is 0 Å². The predicted molar refractivity (Wildman–Crippen MR) is 96.5 cm³/mol. The Bertz CT molecular complexity index is 753. The van der Waals surface area contributed by atoms with Crippen LogP contribution >= 0.6 is 0 Å². The molecule has 146 valence electrons. The molecule has 2 rings (SSSR count). The second-order valence-corrected chi connectivity index (χ2v) is 8.61. The van der Waals surface area contributed by atoms with Gasteiger partial charge >= 0.3 is 169 Å². The zero-order chi connectivity index (χ0) is 20.1. The van der Waals surface area contributed by atoms with Gasteiger partial charge in [-0.05, 0) is 0 Å². The first-order valence-electron chi connectivity index (χ1n) is 8.05. The van der Waals surface area contributed by atoms with Gasteiger partial charge in [-0.15, -0.1) is 0 Å². The van der Waals surface area contributed by atoms with Crippen LogP contribution < -0.4 is 40.2 Å². The van der Waals surface area contributed by atoms with Crippen LogP contribution in [0.25, 0.3) is 0 Å². The third kappa shape index (κ3) is 4.52. The summed E-state index contributed by atoms with van der Waals surface area (Å²) in [5, 5.41) is 0. The number of benzene rings is 2. The molecule has 0 spiro atoms. The molecule has 2 aromatic carbocycles. The van der Waals surface area contributed by atoms with Crippen molar-refractivity contribution in [3.05, 3.63) is 42.5 Å². The van der Waals surface area contributed by atoms with Crippen LogP contribution in [0.15, 0.2) is 24.3 Å². The van der Waals surface area contributed by atoms with Crippen molar-refractivity contribution in [3.8, 4) is 23.0 Å². The van der Waals surface area contributed by atoms with Gasteiger partial charge in [0.05, 0.1) is 0 Å². The van der Waals surface area contributed by atoms with Crippen LogP contribution in [0, 0.1) is 7.14 Å². The molecule has 0 aromatic heterocycles. The Hall–Kier alpha value is -2.29. The second-order valence-electron chi connectivity index (χ2n) is 5.58. The van der Waals surface area contributed by atoms with Gasteiger partial charge < -0.3 is 0 Å². The van der Waals surface area contributed by atoms with E-state index in [2.05, 4.69) is 0 Å². The van der Waals surface area contributed by atoms with E-state index in [4.69, 9.17) is 18.9 Å². The molecule has 0 aliphatic heterocycles. The first kappa shape index (κ1) is 21.0. The van der Waals surface area contributed by atoms with Gasteiger partial charge in [-0.1, -0.05) is 0 Å². The Morgan fingerprint density at radius 1 is 0.630 bits per heavy atom. The number of Topliss-reactive ketones (excluding diaryl/α,β-unsaturated/α-hetero) is 2. The van der Waals surface area contributed by atoms with Gasteiger partial charge in [0.15, 0.2) is 0 Å². The van der Waals surface area contributed by atoms with Gasteiger partial charge in [0.25, 0.3) is 0 Å². The third-order valence-electron chi connectivity index (χ3n) is 3.86. The predicted octanol–water partition coefficient (Wildman–Crippen LogP) is 0.255. The van der Waals surface area contributed by atoms with Crippen molar-refractivity contribution in [2.24, 2.45) is 0 Å². The summed E-state index contributed by atoms with van der Waals surface area (Å²) in [7, 11) is 6.10. The summed E-state index contributed by atoms with van der Waals surface area (Å²) in [6, 6.07) is 7.41. The number of ketones is 2. The SMILES string of the molecule is COc1cc([I-]c2cc(OC)c(C(C)=O)c(OC)c2)cc(OC)c1C(C)=O. The van der Waals surface area contributed by atoms with E-state index in [1.54, 1.807) is 0 Å². The standard InChI is InChI=1S/C20H22IO6/c1-11(22)19-15(24-3)7-13(8-16(19)25-4)21-14-9-17(26-5)20(12(2)23)18(10-14)27-6/h7-10H,1-6H3/q-1. The number of hydrogen-bond donors (Lipinski definition) is 0. The van der Waals surface area contributed by atoms with E-state index in [0.717, 1.165) is 7.14 Å². The molecule has 0 bridgehead atoms. The zero-order valence-electron chi connectivity index (χ0n) is 16.1. The molecule has 0 unspecified atom stereocenters. The number of methoxy groups -OCH3 is 4. The maximum absolute atomic E-state index is 11.9. The van der Waals surface area contributed by atoms with E-state index in [-0.39, 0.29) is 11.6 Å². The zero-order valence-corrected chi connectivity index (χ0v) is 18.3. The molecule has 0 atom stereocenters. The quantitative estimate of drug-likeness (QED) is 0.395. The summed E-state index contributed by atoms with van der Waals surface area (Å²) in [6.45, 7) is 2.95. The minimum atomic E-state index is -0.671. The Morgan fingerprint density at radius 3 is 1.07 bits per heavy atom. The normalized spacial score (nSPS) is 10.4. The van der Waals surface area contributed by atoms with Gasteiger partial charge in [0.1, 0.15) is 0 Å². The molecule has 0 amide bonds. The average molecular weight is 485 g/mol. The van der Waals surface area contributed by atoms with E-state index >= 15 is 0 Å². The second kappa shape index (κ2) is 9.07. The van der Waals surface area contributed by atoms with E-state index in [1.165, 1.54) is 42.3 Å². The van der Waals surface area contributed by atoms with Crippen LogP contribution in [0.5, 0.6) is 23.0 Å². The van der Waals surface area contributed by atoms with Crippen molar-refractivity contribution in [2.75, 3.05) is 28.4 Å². The van der Waals surface area contributed by atoms with Gasteiger partial charge in [0, 0.05) is 0 Å². The number of halogens is 1. The molecular weight excluding hydrogens is 463 g/mol. The van der Waals surface area contributed by atoms with Crippen LogP contribution in [-0.4, -0.2) is 40.0 Å². The Labute approximate surface area is 169 Å². The minimum absolute atomic E-state index is 0.123. The molecule has 0 saturated heterocycles. The first-order valence-corrected chi connectivity index (χ1v) is 10.2. The van der Waals surface area contributed by atoms with Crippen molar-refractivity contribution >= 4 is 11.6 Å². The maximum atomic E-state index is 11.9. The first-order chi connectivity index (χ1) is 12.9. The van der Waals surface area contributed by atoms with Crippen LogP contribution in [0.1, 0.15) is 34.6 Å². The molecule has 0 N–H and O–H groups in total. The molecule has 0 aliphatic rings. The van der Waals surface area contributed by atoms with Crippen LogP contribution in [0.2, 0.25) is 0 Å². The summed E-state index contributed by atoms with van der Waals surface area (Å²) in [5.41, 5.74) is 0.852. The number of ether oxygens (including phenoxy) is 4. The summed E-state index contributed by atoms with van der Waals surface area (Å²) >= 11 is -0.671. The van der Waals surface area contributed by atoms with Crippen molar-refractivity contribution in [2.45, 2.75) is 13.8 Å². The van der Waals surface area contributed by atoms with Crippen molar-refractivity contribution in [3.63, 3.8) is 0 Å². The molecule has 6 nitrogen and oxygen atoms in total. The fraction of sp³-hybridized carbons (Fsp3) is 0.300. The van der Waals surface area contributed by atoms with Gasteiger partial charge in [0.2, 0.25) is 0 Å². The van der Waals surface area contributed by atoms with Gasteiger partial charge in [-0.2, -0.15) is 0 Å². The molecule has 0 aliphatic carbocycles. The van der Waals surface area contributed by atoms with E-state index in [0.29, 0.717) is 34.1 Å². The fourth-order valence-corrected chi connectivity index (χ4v) is 5.16. The van der Waals surface area contributed by atoms with Crippen molar-refractivity contribution in [1.29, 1.82) is 0 Å². The molecule has 2 aromatic rings. The number of carbonyl (C=O) groups excluding carboxylic acids is 2. The monoisotopic (exact) mass is 485 g/mol.